The Kier molecular flexibility index (Phi) is 5.16. The summed E-state index contributed by atoms with van der Waals surface area (Å²) in [5, 5.41) is 0. The highest BCUT2D eigenvalue weighted by molar-refractivity contribution is 5.91. The minimum Gasteiger partial charge on any atom is -0.463 e. The van der Waals surface area contributed by atoms with Gasteiger partial charge in [-0.1, -0.05) is 43.2 Å². The van der Waals surface area contributed by atoms with Crippen molar-refractivity contribution in [3.63, 3.8) is 0 Å². The fourth-order valence-corrected chi connectivity index (χ4v) is 2.97. The van der Waals surface area contributed by atoms with Crippen molar-refractivity contribution in [2.24, 2.45) is 0 Å². The van der Waals surface area contributed by atoms with Crippen LogP contribution in [0.2, 0.25) is 0 Å². The zero-order chi connectivity index (χ0) is 17.8. The third kappa shape index (κ3) is 4.07. The molecule has 3 rings (SSSR count). The number of ketones is 1. The third-order valence-electron chi connectivity index (χ3n) is 4.22. The van der Waals surface area contributed by atoms with Crippen molar-refractivity contribution in [3.05, 3.63) is 41.0 Å². The van der Waals surface area contributed by atoms with Crippen LogP contribution in [-0.2, 0) is 17.8 Å². The van der Waals surface area contributed by atoms with Gasteiger partial charge in [0.25, 0.3) is 0 Å². The van der Waals surface area contributed by atoms with Crippen LogP contribution in [0, 0.1) is 6.92 Å². The van der Waals surface area contributed by atoms with E-state index in [0.717, 1.165) is 18.4 Å². The number of unbranched alkanes of at least 4 members (excludes halogenated alkanes) is 1. The van der Waals surface area contributed by atoms with Gasteiger partial charge in [0.05, 0.1) is 13.2 Å². The summed E-state index contributed by atoms with van der Waals surface area (Å²) in [5.41, 5.74) is 9.10. The standard InChI is InChI=1S/C19H24N4O2/c1-3-4-8-25-19-21-17(20)16-10-15(24)12-23(18(16)22-19)11-14-7-5-6-13(2)9-14/h5-7,9H,3-4,8,10-12H2,1-2H3,(H2,20,21,22). The molecule has 6 nitrogen and oxygen atoms in total. The van der Waals surface area contributed by atoms with Gasteiger partial charge in [0.2, 0.25) is 0 Å². The van der Waals surface area contributed by atoms with Gasteiger partial charge in [0.15, 0.2) is 5.78 Å². The van der Waals surface area contributed by atoms with E-state index in [4.69, 9.17) is 10.5 Å². The van der Waals surface area contributed by atoms with Crippen molar-refractivity contribution in [2.75, 3.05) is 23.8 Å². The number of hydrogen-bond acceptors (Lipinski definition) is 6. The summed E-state index contributed by atoms with van der Waals surface area (Å²) in [5.74, 6) is 1.16. The van der Waals surface area contributed by atoms with Crippen molar-refractivity contribution in [1.82, 2.24) is 9.97 Å². The molecular formula is C19H24N4O2. The minimum atomic E-state index is 0.120. The van der Waals surface area contributed by atoms with E-state index in [9.17, 15) is 4.79 Å². The van der Waals surface area contributed by atoms with Gasteiger partial charge in [-0.2, -0.15) is 9.97 Å². The highest BCUT2D eigenvalue weighted by atomic mass is 16.5. The molecule has 1 aliphatic heterocycles. The lowest BCUT2D eigenvalue weighted by molar-refractivity contribution is -0.117. The predicted octanol–water partition coefficient (Wildman–Crippen LogP) is 2.68. The maximum atomic E-state index is 12.2. The minimum absolute atomic E-state index is 0.120. The molecule has 0 saturated heterocycles. The van der Waals surface area contributed by atoms with Gasteiger partial charge in [-0.3, -0.25) is 4.79 Å². The van der Waals surface area contributed by atoms with Crippen LogP contribution in [0.4, 0.5) is 11.6 Å². The first-order chi connectivity index (χ1) is 12.1. The van der Waals surface area contributed by atoms with E-state index in [2.05, 4.69) is 42.0 Å². The molecule has 0 saturated carbocycles. The van der Waals surface area contributed by atoms with Gasteiger partial charge in [-0.15, -0.1) is 0 Å². The van der Waals surface area contributed by atoms with E-state index in [1.807, 2.05) is 11.0 Å². The Morgan fingerprint density at radius 2 is 2.16 bits per heavy atom. The Morgan fingerprint density at radius 1 is 1.32 bits per heavy atom. The molecule has 0 fully saturated rings. The molecule has 6 heteroatoms. The number of ether oxygens (including phenoxy) is 1. The molecule has 1 aromatic heterocycles. The third-order valence-corrected chi connectivity index (χ3v) is 4.22. The number of aromatic nitrogens is 2. The molecule has 0 atom stereocenters. The molecule has 0 spiro atoms. The van der Waals surface area contributed by atoms with Gasteiger partial charge in [-0.05, 0) is 18.9 Å². The lowest BCUT2D eigenvalue weighted by Crippen LogP contribution is -2.36. The number of nitrogens with two attached hydrogens (primary N) is 1. The highest BCUT2D eigenvalue weighted by Crippen LogP contribution is 2.30. The maximum Gasteiger partial charge on any atom is 0.320 e. The summed E-state index contributed by atoms with van der Waals surface area (Å²) >= 11 is 0. The largest absolute Gasteiger partial charge is 0.463 e. The maximum absolute atomic E-state index is 12.2. The quantitative estimate of drug-likeness (QED) is 0.814. The Morgan fingerprint density at radius 3 is 2.92 bits per heavy atom. The number of nitrogen functional groups attached to an aromatic ring is 1. The van der Waals surface area contributed by atoms with Crippen LogP contribution in [0.15, 0.2) is 24.3 Å². The first-order valence-corrected chi connectivity index (χ1v) is 8.68. The first kappa shape index (κ1) is 17.2. The fraction of sp³-hybridized carbons (Fsp3) is 0.421. The fourth-order valence-electron chi connectivity index (χ4n) is 2.97. The number of anilines is 2. The van der Waals surface area contributed by atoms with Crippen molar-refractivity contribution >= 4 is 17.4 Å². The molecule has 2 N–H and O–H groups in total. The van der Waals surface area contributed by atoms with Gasteiger partial charge < -0.3 is 15.4 Å². The summed E-state index contributed by atoms with van der Waals surface area (Å²) in [6, 6.07) is 8.52. The SMILES string of the molecule is CCCCOc1nc(N)c2c(n1)N(Cc1cccc(C)c1)CC(=O)C2. The number of carbonyl (C=O) groups is 1. The van der Waals surface area contributed by atoms with Crippen molar-refractivity contribution < 1.29 is 9.53 Å². The lowest BCUT2D eigenvalue weighted by atomic mass is 10.0. The molecule has 0 unspecified atom stereocenters. The highest BCUT2D eigenvalue weighted by Gasteiger charge is 2.27. The number of nitrogens with zero attached hydrogens (tertiary/aromatic N) is 3. The van der Waals surface area contributed by atoms with E-state index < -0.39 is 0 Å². The predicted molar refractivity (Wildman–Crippen MR) is 97.8 cm³/mol. The number of benzene rings is 1. The Bertz CT molecular complexity index is 776. The molecule has 0 bridgehead atoms. The Hall–Kier alpha value is -2.63. The topological polar surface area (TPSA) is 81.3 Å². The number of Topliss-reactive ketones (excluding diaryl/α,β-unsaturated/α-hetero) is 1. The zero-order valence-corrected chi connectivity index (χ0v) is 14.8. The molecular weight excluding hydrogens is 316 g/mol. The molecule has 0 aliphatic carbocycles. The van der Waals surface area contributed by atoms with Crippen LogP contribution >= 0.6 is 0 Å². The van der Waals surface area contributed by atoms with Crippen LogP contribution in [0.1, 0.15) is 36.5 Å². The number of carbonyl (C=O) groups excluding carboxylic acids is 1. The molecule has 2 heterocycles. The normalized spacial score (nSPS) is 13.7. The summed E-state index contributed by atoms with van der Waals surface area (Å²) in [6.07, 6.45) is 2.25. The van der Waals surface area contributed by atoms with Gasteiger partial charge in [0.1, 0.15) is 11.6 Å². The van der Waals surface area contributed by atoms with E-state index >= 15 is 0 Å². The van der Waals surface area contributed by atoms with Crippen molar-refractivity contribution in [1.29, 1.82) is 0 Å². The van der Waals surface area contributed by atoms with Gasteiger partial charge >= 0.3 is 6.01 Å². The van der Waals surface area contributed by atoms with E-state index in [1.54, 1.807) is 0 Å². The van der Waals surface area contributed by atoms with E-state index in [-0.39, 0.29) is 18.2 Å². The molecule has 25 heavy (non-hydrogen) atoms. The van der Waals surface area contributed by atoms with Gasteiger partial charge in [-0.25, -0.2) is 0 Å². The summed E-state index contributed by atoms with van der Waals surface area (Å²) in [4.78, 5) is 22.9. The molecule has 1 aromatic carbocycles. The van der Waals surface area contributed by atoms with Crippen molar-refractivity contribution in [3.8, 4) is 6.01 Å². The molecule has 0 radical (unpaired) electrons. The van der Waals surface area contributed by atoms with E-state index in [1.165, 1.54) is 5.56 Å². The molecule has 0 amide bonds. The van der Waals surface area contributed by atoms with Crippen molar-refractivity contribution in [2.45, 2.75) is 39.7 Å². The van der Waals surface area contributed by atoms with Crippen LogP contribution in [0.3, 0.4) is 0 Å². The van der Waals surface area contributed by atoms with E-state index in [0.29, 0.717) is 36.9 Å². The Labute approximate surface area is 148 Å². The molecule has 1 aliphatic rings. The monoisotopic (exact) mass is 340 g/mol. The molecule has 132 valence electrons. The zero-order valence-electron chi connectivity index (χ0n) is 14.8. The summed E-state index contributed by atoms with van der Waals surface area (Å²) < 4.78 is 5.62. The molecule has 2 aromatic rings. The summed E-state index contributed by atoms with van der Waals surface area (Å²) in [6.45, 7) is 5.64. The number of fused-ring (bicyclic) bond motifs is 1. The number of aryl methyl sites for hydroxylation is 1. The second-order valence-corrected chi connectivity index (χ2v) is 6.46. The average Bonchev–Trinajstić information content (AvgIpc) is 2.56. The summed E-state index contributed by atoms with van der Waals surface area (Å²) in [7, 11) is 0. The smallest absolute Gasteiger partial charge is 0.320 e. The van der Waals surface area contributed by atoms with Crippen LogP contribution in [0.5, 0.6) is 6.01 Å². The number of rotatable bonds is 6. The van der Waals surface area contributed by atoms with Crippen LogP contribution in [-0.4, -0.2) is 28.9 Å². The average molecular weight is 340 g/mol. The second kappa shape index (κ2) is 7.51. The van der Waals surface area contributed by atoms with Crippen LogP contribution < -0.4 is 15.4 Å². The first-order valence-electron chi connectivity index (χ1n) is 8.68. The van der Waals surface area contributed by atoms with Gasteiger partial charge in [0, 0.05) is 18.5 Å². The number of hydrogen-bond donors (Lipinski definition) is 1. The second-order valence-electron chi connectivity index (χ2n) is 6.46. The lowest BCUT2D eigenvalue weighted by Gasteiger charge is -2.30. The van der Waals surface area contributed by atoms with Crippen LogP contribution in [0.25, 0.3) is 0 Å². The Balaban J connectivity index is 1.90.